The van der Waals surface area contributed by atoms with Gasteiger partial charge in [-0.2, -0.15) is 5.10 Å². The number of rotatable bonds is 8. The molecule has 0 atom stereocenters. The molecule has 1 aliphatic carbocycles. The van der Waals surface area contributed by atoms with Crippen LogP contribution in [0.1, 0.15) is 53.6 Å². The summed E-state index contributed by atoms with van der Waals surface area (Å²) in [5, 5.41) is 4.03. The number of likely N-dealkylation sites (N-methyl/N-ethyl adjacent to an activating group) is 1. The van der Waals surface area contributed by atoms with Crippen LogP contribution in [0.5, 0.6) is 0 Å². The number of aryl methyl sites for hydroxylation is 1. The summed E-state index contributed by atoms with van der Waals surface area (Å²) >= 11 is 0. The molecule has 1 saturated heterocycles. The first-order valence-corrected chi connectivity index (χ1v) is 15.6. The van der Waals surface area contributed by atoms with Gasteiger partial charge in [0.2, 0.25) is 0 Å². The molecular formula is C35H45N7O2. The minimum Gasteiger partial charge on any atom is -0.383 e. The lowest BCUT2D eigenvalue weighted by atomic mass is 9.98. The van der Waals surface area contributed by atoms with E-state index in [1.54, 1.807) is 23.1 Å². The van der Waals surface area contributed by atoms with E-state index in [0.717, 1.165) is 24.3 Å². The second-order valence-corrected chi connectivity index (χ2v) is 12.0. The maximum absolute atomic E-state index is 11.1. The number of benzene rings is 2. The molecular weight excluding hydrogens is 550 g/mol. The highest BCUT2D eigenvalue weighted by Crippen LogP contribution is 2.24. The van der Waals surface area contributed by atoms with Gasteiger partial charge in [0.25, 0.3) is 5.91 Å². The van der Waals surface area contributed by atoms with Gasteiger partial charge in [-0.3, -0.25) is 14.4 Å². The number of hydrogen-bond donors (Lipinski definition) is 2. The Labute approximate surface area is 260 Å². The first-order chi connectivity index (χ1) is 21.3. The molecule has 0 bridgehead atoms. The topological polar surface area (TPSA) is 116 Å². The van der Waals surface area contributed by atoms with Crippen LogP contribution in [0.4, 0.5) is 5.82 Å². The number of primary amides is 1. The number of nitrogens with zero attached hydrogens (tertiary/aromatic N) is 5. The number of aromatic nitrogens is 3. The van der Waals surface area contributed by atoms with E-state index in [-0.39, 0.29) is 11.4 Å². The zero-order valence-electron chi connectivity index (χ0n) is 26.0. The fourth-order valence-electron chi connectivity index (χ4n) is 5.71. The monoisotopic (exact) mass is 595 g/mol. The van der Waals surface area contributed by atoms with E-state index in [2.05, 4.69) is 75.5 Å². The third-order valence-electron chi connectivity index (χ3n) is 8.50. The molecule has 0 radical (unpaired) electrons. The molecule has 1 aliphatic heterocycles. The molecule has 2 aromatic heterocycles. The van der Waals surface area contributed by atoms with Crippen LogP contribution < -0.4 is 11.5 Å². The van der Waals surface area contributed by atoms with Crippen molar-refractivity contribution in [2.75, 3.05) is 39.0 Å². The third kappa shape index (κ3) is 8.75. The molecule has 0 spiro atoms. The van der Waals surface area contributed by atoms with Crippen molar-refractivity contribution in [3.8, 4) is 22.3 Å². The summed E-state index contributed by atoms with van der Waals surface area (Å²) in [6.07, 6.45) is 12.1. The Morgan fingerprint density at radius 2 is 1.48 bits per heavy atom. The van der Waals surface area contributed by atoms with Gasteiger partial charge < -0.3 is 21.1 Å². The van der Waals surface area contributed by atoms with Crippen LogP contribution in [0, 0.1) is 0 Å². The van der Waals surface area contributed by atoms with Crippen molar-refractivity contribution >= 4 is 11.7 Å². The van der Waals surface area contributed by atoms with E-state index in [1.807, 2.05) is 13.2 Å². The predicted octanol–water partition coefficient (Wildman–Crippen LogP) is 5.11. The molecule has 4 N–H and O–H groups in total. The number of pyridine rings is 1. The van der Waals surface area contributed by atoms with Crippen LogP contribution in [0.25, 0.3) is 22.3 Å². The largest absolute Gasteiger partial charge is 0.383 e. The van der Waals surface area contributed by atoms with Crippen LogP contribution in [-0.2, 0) is 24.9 Å². The molecule has 9 heteroatoms. The Bertz CT molecular complexity index is 1490. The second kappa shape index (κ2) is 15.1. The Morgan fingerprint density at radius 1 is 0.841 bits per heavy atom. The van der Waals surface area contributed by atoms with E-state index in [1.165, 1.54) is 80.5 Å². The minimum absolute atomic E-state index is 0.139. The lowest BCUT2D eigenvalue weighted by Crippen LogP contribution is -2.43. The predicted molar refractivity (Wildman–Crippen MR) is 176 cm³/mol. The number of amides is 1. The number of carbonyl (C=O) groups is 1. The van der Waals surface area contributed by atoms with Gasteiger partial charge >= 0.3 is 0 Å². The van der Waals surface area contributed by atoms with Crippen molar-refractivity contribution in [3.63, 3.8) is 0 Å². The number of nitrogen functional groups attached to an aromatic ring is 1. The quantitative estimate of drug-likeness (QED) is 0.291. The molecule has 232 valence electrons. The minimum atomic E-state index is -0.587. The highest BCUT2D eigenvalue weighted by atomic mass is 16.5. The SMILES string of the molecule is CN1CCN(Cc2ccc(-c3ccc(COC4CCCCC4)cc3)cc2)CC1.Cn1cc(-c2cnc(N)c(C(N)=O)c2)cn1. The van der Waals surface area contributed by atoms with Crippen molar-refractivity contribution in [2.45, 2.75) is 51.4 Å². The Hall–Kier alpha value is -4.05. The number of piperazine rings is 1. The Balaban J connectivity index is 0.000000204. The van der Waals surface area contributed by atoms with Crippen molar-refractivity contribution in [1.82, 2.24) is 24.6 Å². The van der Waals surface area contributed by atoms with Gasteiger partial charge in [-0.25, -0.2) is 4.98 Å². The van der Waals surface area contributed by atoms with Crippen molar-refractivity contribution in [3.05, 3.63) is 89.9 Å². The molecule has 2 aromatic carbocycles. The van der Waals surface area contributed by atoms with Gasteiger partial charge in [-0.15, -0.1) is 0 Å². The van der Waals surface area contributed by atoms with Crippen molar-refractivity contribution in [1.29, 1.82) is 0 Å². The fourth-order valence-corrected chi connectivity index (χ4v) is 5.71. The smallest absolute Gasteiger partial charge is 0.252 e. The number of ether oxygens (including phenoxy) is 1. The maximum Gasteiger partial charge on any atom is 0.252 e. The zero-order valence-corrected chi connectivity index (χ0v) is 26.0. The summed E-state index contributed by atoms with van der Waals surface area (Å²) in [7, 11) is 4.02. The first kappa shape index (κ1) is 31.4. The average Bonchev–Trinajstić information content (AvgIpc) is 3.49. The molecule has 3 heterocycles. The van der Waals surface area contributed by atoms with Gasteiger partial charge in [0.1, 0.15) is 5.82 Å². The summed E-state index contributed by atoms with van der Waals surface area (Å²) < 4.78 is 7.76. The first-order valence-electron chi connectivity index (χ1n) is 15.6. The normalized spacial score (nSPS) is 16.3. The number of nitrogens with two attached hydrogens (primary N) is 2. The van der Waals surface area contributed by atoms with Gasteiger partial charge in [-0.1, -0.05) is 67.8 Å². The molecule has 1 amide bonds. The molecule has 1 saturated carbocycles. The molecule has 2 fully saturated rings. The van der Waals surface area contributed by atoms with E-state index in [0.29, 0.717) is 6.10 Å². The Kier molecular flexibility index (Phi) is 10.8. The average molecular weight is 596 g/mol. The zero-order chi connectivity index (χ0) is 30.9. The van der Waals surface area contributed by atoms with E-state index in [9.17, 15) is 4.79 Å². The van der Waals surface area contributed by atoms with Crippen molar-refractivity contribution < 1.29 is 9.53 Å². The molecule has 44 heavy (non-hydrogen) atoms. The number of carbonyl (C=O) groups excluding carboxylic acids is 1. The lowest BCUT2D eigenvalue weighted by molar-refractivity contribution is 0.0169. The maximum atomic E-state index is 11.1. The van der Waals surface area contributed by atoms with Crippen LogP contribution in [-0.4, -0.2) is 69.8 Å². The lowest BCUT2D eigenvalue weighted by Gasteiger charge is -2.32. The van der Waals surface area contributed by atoms with Gasteiger partial charge in [0.05, 0.1) is 24.5 Å². The van der Waals surface area contributed by atoms with E-state index < -0.39 is 5.91 Å². The highest BCUT2D eigenvalue weighted by Gasteiger charge is 2.15. The van der Waals surface area contributed by atoms with E-state index >= 15 is 0 Å². The number of anilines is 1. The van der Waals surface area contributed by atoms with Crippen molar-refractivity contribution in [2.24, 2.45) is 12.8 Å². The summed E-state index contributed by atoms with van der Waals surface area (Å²) in [6, 6.07) is 19.6. The fraction of sp³-hybridized carbons (Fsp3) is 0.400. The molecule has 0 unspecified atom stereocenters. The summed E-state index contributed by atoms with van der Waals surface area (Å²) in [5.74, 6) is -0.448. The van der Waals surface area contributed by atoms with Crippen LogP contribution in [0.3, 0.4) is 0 Å². The molecule has 4 aromatic rings. The Morgan fingerprint density at radius 3 is 2.07 bits per heavy atom. The molecule has 6 rings (SSSR count). The summed E-state index contributed by atoms with van der Waals surface area (Å²) in [6.45, 7) is 6.50. The van der Waals surface area contributed by atoms with Gasteiger partial charge in [-0.05, 0) is 48.2 Å². The van der Waals surface area contributed by atoms with Gasteiger partial charge in [0.15, 0.2) is 0 Å². The summed E-state index contributed by atoms with van der Waals surface area (Å²) in [4.78, 5) is 20.0. The second-order valence-electron chi connectivity index (χ2n) is 12.0. The van der Waals surface area contributed by atoms with Crippen LogP contribution >= 0.6 is 0 Å². The third-order valence-corrected chi connectivity index (χ3v) is 8.50. The van der Waals surface area contributed by atoms with Crippen LogP contribution in [0.2, 0.25) is 0 Å². The number of hydrogen-bond acceptors (Lipinski definition) is 7. The molecule has 9 nitrogen and oxygen atoms in total. The van der Waals surface area contributed by atoms with Gasteiger partial charge in [0, 0.05) is 63.3 Å². The highest BCUT2D eigenvalue weighted by molar-refractivity contribution is 5.98. The van der Waals surface area contributed by atoms with Crippen LogP contribution in [0.15, 0.2) is 73.2 Å². The summed E-state index contributed by atoms with van der Waals surface area (Å²) in [5.41, 5.74) is 17.8. The standard InChI is InChI=1S/C25H34N2O.C10H11N5O/c1-26-15-17-27(18-16-26)19-21-7-11-23(12-8-21)24-13-9-22(10-14-24)20-28-25-5-3-2-4-6-25;1-15-5-7(4-14-15)6-2-8(10(12)16)9(11)13-3-6/h7-14,25H,2-6,15-20H2,1H3;2-5H,1H3,(H2,11,13)(H2,12,16). The molecule has 2 aliphatic rings. The van der Waals surface area contributed by atoms with E-state index in [4.69, 9.17) is 16.2 Å².